The van der Waals surface area contributed by atoms with Crippen LogP contribution in [0.5, 0.6) is 0 Å². The van der Waals surface area contributed by atoms with E-state index in [1.54, 1.807) is 24.3 Å². The average molecular weight is 288 g/mol. The zero-order chi connectivity index (χ0) is 15.5. The Labute approximate surface area is 123 Å². The van der Waals surface area contributed by atoms with Crippen LogP contribution in [-0.2, 0) is 0 Å². The average Bonchev–Trinajstić information content (AvgIpc) is 2.45. The highest BCUT2D eigenvalue weighted by Gasteiger charge is 2.19. The first-order valence-electron chi connectivity index (χ1n) is 6.94. The van der Waals surface area contributed by atoms with Crippen molar-refractivity contribution in [2.45, 2.75) is 20.3 Å². The first kappa shape index (κ1) is 15.3. The van der Waals surface area contributed by atoms with Gasteiger partial charge in [-0.2, -0.15) is 0 Å². The minimum absolute atomic E-state index is 0.0790. The monoisotopic (exact) mass is 288 g/mol. The molecule has 2 aromatic rings. The van der Waals surface area contributed by atoms with E-state index in [1.165, 1.54) is 0 Å². The third-order valence-electron chi connectivity index (χ3n) is 3.51. The molecule has 21 heavy (non-hydrogen) atoms. The Balaban J connectivity index is 2.18. The van der Waals surface area contributed by atoms with E-state index < -0.39 is 0 Å². The van der Waals surface area contributed by atoms with Gasteiger partial charge in [0.2, 0.25) is 0 Å². The highest BCUT2D eigenvalue weighted by molar-refractivity contribution is 5.96. The SMILES string of the molecule is CC(C)(CCO)CNC(=O)c1cc2ccccc2c(=O)[nH]1. The maximum Gasteiger partial charge on any atom is 0.267 e. The summed E-state index contributed by atoms with van der Waals surface area (Å²) in [7, 11) is 0. The first-order chi connectivity index (χ1) is 9.93. The van der Waals surface area contributed by atoms with Gasteiger partial charge in [0.1, 0.15) is 5.69 Å². The number of aliphatic hydroxyl groups excluding tert-OH is 1. The lowest BCUT2D eigenvalue weighted by molar-refractivity contribution is 0.0923. The molecule has 0 saturated carbocycles. The number of aromatic amines is 1. The number of fused-ring (bicyclic) bond motifs is 1. The van der Waals surface area contributed by atoms with Gasteiger partial charge in [-0.15, -0.1) is 0 Å². The van der Waals surface area contributed by atoms with E-state index in [1.807, 2.05) is 19.9 Å². The number of benzene rings is 1. The van der Waals surface area contributed by atoms with Gasteiger partial charge in [-0.3, -0.25) is 9.59 Å². The minimum Gasteiger partial charge on any atom is -0.396 e. The van der Waals surface area contributed by atoms with Crippen LogP contribution in [0.25, 0.3) is 10.8 Å². The largest absolute Gasteiger partial charge is 0.396 e. The number of pyridine rings is 1. The van der Waals surface area contributed by atoms with E-state index in [0.29, 0.717) is 18.4 Å². The van der Waals surface area contributed by atoms with Gasteiger partial charge in [-0.05, 0) is 29.4 Å². The molecular weight excluding hydrogens is 268 g/mol. The van der Waals surface area contributed by atoms with Gasteiger partial charge in [0.05, 0.1) is 0 Å². The van der Waals surface area contributed by atoms with E-state index >= 15 is 0 Å². The quantitative estimate of drug-likeness (QED) is 0.782. The molecule has 0 aliphatic rings. The third kappa shape index (κ3) is 3.70. The lowest BCUT2D eigenvalue weighted by Gasteiger charge is -2.23. The second-order valence-electron chi connectivity index (χ2n) is 5.92. The molecular formula is C16H20N2O3. The predicted molar refractivity (Wildman–Crippen MR) is 82.4 cm³/mol. The van der Waals surface area contributed by atoms with Gasteiger partial charge in [-0.1, -0.05) is 32.0 Å². The van der Waals surface area contributed by atoms with Crippen LogP contribution in [0.2, 0.25) is 0 Å². The number of rotatable bonds is 5. The van der Waals surface area contributed by atoms with Gasteiger partial charge >= 0.3 is 0 Å². The number of carbonyl (C=O) groups excluding carboxylic acids is 1. The molecule has 1 aromatic heterocycles. The van der Waals surface area contributed by atoms with Gasteiger partial charge < -0.3 is 15.4 Å². The highest BCUT2D eigenvalue weighted by Crippen LogP contribution is 2.18. The summed E-state index contributed by atoms with van der Waals surface area (Å²) in [5, 5.41) is 13.1. The second-order valence-corrected chi connectivity index (χ2v) is 5.92. The van der Waals surface area contributed by atoms with Crippen molar-refractivity contribution in [3.8, 4) is 0 Å². The van der Waals surface area contributed by atoms with Crippen molar-refractivity contribution in [3.05, 3.63) is 46.4 Å². The molecule has 3 N–H and O–H groups in total. The van der Waals surface area contributed by atoms with E-state index in [2.05, 4.69) is 10.3 Å². The lowest BCUT2D eigenvalue weighted by Crippen LogP contribution is -2.35. The smallest absolute Gasteiger partial charge is 0.267 e. The number of nitrogens with one attached hydrogen (secondary N) is 2. The van der Waals surface area contributed by atoms with Crippen molar-refractivity contribution in [2.75, 3.05) is 13.2 Å². The Morgan fingerprint density at radius 2 is 2.05 bits per heavy atom. The van der Waals surface area contributed by atoms with Crippen molar-refractivity contribution in [2.24, 2.45) is 5.41 Å². The van der Waals surface area contributed by atoms with Crippen LogP contribution in [0.1, 0.15) is 30.8 Å². The third-order valence-corrected chi connectivity index (χ3v) is 3.51. The Hall–Kier alpha value is -2.14. The maximum absolute atomic E-state index is 12.1. The van der Waals surface area contributed by atoms with Crippen molar-refractivity contribution in [1.29, 1.82) is 0 Å². The molecule has 0 radical (unpaired) electrons. The Kier molecular flexibility index (Phi) is 4.43. The minimum atomic E-state index is -0.316. The van der Waals surface area contributed by atoms with Crippen LogP contribution >= 0.6 is 0 Å². The standard InChI is InChI=1S/C16H20N2O3/c1-16(2,7-8-19)10-17-15(21)13-9-11-5-3-4-6-12(11)14(20)18-13/h3-6,9,19H,7-8,10H2,1-2H3,(H,17,21)(H,18,20). The molecule has 0 unspecified atom stereocenters. The molecule has 0 spiro atoms. The molecule has 5 heteroatoms. The molecule has 0 aliphatic heterocycles. The van der Waals surface area contributed by atoms with Crippen LogP contribution in [0.4, 0.5) is 0 Å². The van der Waals surface area contributed by atoms with Crippen molar-refractivity contribution >= 4 is 16.7 Å². The van der Waals surface area contributed by atoms with E-state index in [9.17, 15) is 9.59 Å². The molecule has 0 fully saturated rings. The molecule has 1 aromatic carbocycles. The summed E-state index contributed by atoms with van der Waals surface area (Å²) >= 11 is 0. The van der Waals surface area contributed by atoms with Gasteiger partial charge in [0.15, 0.2) is 0 Å². The molecule has 1 heterocycles. The fourth-order valence-electron chi connectivity index (χ4n) is 2.14. The van der Waals surface area contributed by atoms with Crippen LogP contribution < -0.4 is 10.9 Å². The zero-order valence-electron chi connectivity index (χ0n) is 12.3. The summed E-state index contributed by atoms with van der Waals surface area (Å²) < 4.78 is 0. The Morgan fingerprint density at radius 3 is 2.76 bits per heavy atom. The van der Waals surface area contributed by atoms with E-state index in [0.717, 1.165) is 5.39 Å². The van der Waals surface area contributed by atoms with Crippen LogP contribution in [0.3, 0.4) is 0 Å². The Morgan fingerprint density at radius 1 is 1.33 bits per heavy atom. The molecule has 2 rings (SSSR count). The molecule has 0 bridgehead atoms. The molecule has 112 valence electrons. The first-order valence-corrected chi connectivity index (χ1v) is 6.94. The maximum atomic E-state index is 12.1. The van der Waals surface area contributed by atoms with Crippen molar-refractivity contribution in [3.63, 3.8) is 0 Å². The van der Waals surface area contributed by atoms with Crippen LogP contribution in [-0.4, -0.2) is 29.1 Å². The van der Waals surface area contributed by atoms with Gasteiger partial charge in [0, 0.05) is 18.5 Å². The summed E-state index contributed by atoms with van der Waals surface area (Å²) in [5.41, 5.74) is -0.215. The normalized spacial score (nSPS) is 11.6. The summed E-state index contributed by atoms with van der Waals surface area (Å²) in [4.78, 5) is 26.7. The highest BCUT2D eigenvalue weighted by atomic mass is 16.3. The fourth-order valence-corrected chi connectivity index (χ4v) is 2.14. The molecule has 5 nitrogen and oxygen atoms in total. The number of carbonyl (C=O) groups is 1. The van der Waals surface area contributed by atoms with E-state index in [-0.39, 0.29) is 29.2 Å². The number of hydrogen-bond acceptors (Lipinski definition) is 3. The number of aliphatic hydroxyl groups is 1. The van der Waals surface area contributed by atoms with Crippen molar-refractivity contribution in [1.82, 2.24) is 10.3 Å². The lowest BCUT2D eigenvalue weighted by atomic mass is 9.90. The van der Waals surface area contributed by atoms with Gasteiger partial charge in [-0.25, -0.2) is 0 Å². The molecule has 0 atom stereocenters. The summed E-state index contributed by atoms with van der Waals surface area (Å²) in [6, 6.07) is 8.81. The van der Waals surface area contributed by atoms with Crippen LogP contribution in [0, 0.1) is 5.41 Å². The second kappa shape index (κ2) is 6.10. The van der Waals surface area contributed by atoms with Crippen LogP contribution in [0.15, 0.2) is 35.1 Å². The summed E-state index contributed by atoms with van der Waals surface area (Å²) in [5.74, 6) is -0.316. The summed E-state index contributed by atoms with van der Waals surface area (Å²) in [6.45, 7) is 4.44. The molecule has 0 saturated heterocycles. The number of aromatic nitrogens is 1. The van der Waals surface area contributed by atoms with Crippen molar-refractivity contribution < 1.29 is 9.90 Å². The number of amides is 1. The molecule has 0 aliphatic carbocycles. The van der Waals surface area contributed by atoms with E-state index in [4.69, 9.17) is 5.11 Å². The number of H-pyrrole nitrogens is 1. The fraction of sp³-hybridized carbons (Fsp3) is 0.375. The number of hydrogen-bond donors (Lipinski definition) is 3. The topological polar surface area (TPSA) is 82.2 Å². The predicted octanol–water partition coefficient (Wildman–Crippen LogP) is 1.67. The zero-order valence-corrected chi connectivity index (χ0v) is 12.3. The van der Waals surface area contributed by atoms with Gasteiger partial charge in [0.25, 0.3) is 11.5 Å². The summed E-state index contributed by atoms with van der Waals surface area (Å²) in [6.07, 6.45) is 0.599. The Bertz CT molecular complexity index is 704. The molecule has 1 amide bonds.